The van der Waals surface area contributed by atoms with Crippen molar-refractivity contribution in [3.63, 3.8) is 0 Å². The van der Waals surface area contributed by atoms with Gasteiger partial charge in [-0.05, 0) is 18.9 Å². The van der Waals surface area contributed by atoms with Crippen molar-refractivity contribution in [3.05, 3.63) is 23.8 Å². The number of ether oxygens (including phenoxy) is 2. The molecule has 2 fully saturated rings. The lowest BCUT2D eigenvalue weighted by Gasteiger charge is -2.30. The highest BCUT2D eigenvalue weighted by Crippen LogP contribution is 2.42. The van der Waals surface area contributed by atoms with E-state index in [0.29, 0.717) is 24.8 Å². The van der Waals surface area contributed by atoms with Crippen LogP contribution in [0.1, 0.15) is 24.4 Å². The van der Waals surface area contributed by atoms with Gasteiger partial charge >= 0.3 is 0 Å². The number of fused-ring (bicyclic) bond motifs is 1. The number of carbonyl (C=O) groups is 2. The van der Waals surface area contributed by atoms with Crippen LogP contribution >= 0.6 is 11.8 Å². The van der Waals surface area contributed by atoms with E-state index in [4.69, 9.17) is 9.47 Å². The molecule has 0 unspecified atom stereocenters. The molecule has 0 bridgehead atoms. The lowest BCUT2D eigenvalue weighted by Crippen LogP contribution is -2.40. The third-order valence-corrected chi connectivity index (χ3v) is 5.63. The average molecular weight is 348 g/mol. The van der Waals surface area contributed by atoms with Crippen LogP contribution in [0.2, 0.25) is 0 Å². The highest BCUT2D eigenvalue weighted by molar-refractivity contribution is 8.00. The minimum atomic E-state index is -0.000455. The highest BCUT2D eigenvalue weighted by atomic mass is 32.2. The zero-order chi connectivity index (χ0) is 16.5. The number of nitrogens with zero attached hydrogens (tertiary/aromatic N) is 2. The molecule has 0 saturated carbocycles. The summed E-state index contributed by atoms with van der Waals surface area (Å²) in [6.45, 7) is 1.99. The van der Waals surface area contributed by atoms with Gasteiger partial charge in [0.05, 0.1) is 17.7 Å². The predicted molar refractivity (Wildman–Crippen MR) is 90.2 cm³/mol. The Hall–Kier alpha value is -1.89. The molecule has 0 aliphatic carbocycles. The number of benzene rings is 1. The molecule has 3 aliphatic heterocycles. The SMILES string of the molecule is O=C1CSCN1CC(=O)N1CCC[C@H]1c1cccc2c1OCCO2. The Morgan fingerprint density at radius 3 is 3.00 bits per heavy atom. The Bertz CT molecular complexity index is 666. The molecule has 2 saturated heterocycles. The third-order valence-electron chi connectivity index (χ3n) is 4.68. The van der Waals surface area contributed by atoms with Crippen molar-refractivity contribution in [1.29, 1.82) is 0 Å². The zero-order valence-electron chi connectivity index (χ0n) is 13.4. The van der Waals surface area contributed by atoms with Gasteiger partial charge in [-0.3, -0.25) is 9.59 Å². The number of carbonyl (C=O) groups excluding carboxylic acids is 2. The smallest absolute Gasteiger partial charge is 0.242 e. The van der Waals surface area contributed by atoms with E-state index < -0.39 is 0 Å². The van der Waals surface area contributed by atoms with E-state index in [1.807, 2.05) is 23.1 Å². The molecule has 0 spiro atoms. The van der Waals surface area contributed by atoms with Gasteiger partial charge in [0.2, 0.25) is 11.8 Å². The van der Waals surface area contributed by atoms with Crippen molar-refractivity contribution < 1.29 is 19.1 Å². The summed E-state index contributed by atoms with van der Waals surface area (Å²) in [4.78, 5) is 28.0. The Labute approximate surface area is 145 Å². The molecule has 1 aromatic rings. The van der Waals surface area contributed by atoms with Crippen LogP contribution in [-0.4, -0.2) is 59.5 Å². The van der Waals surface area contributed by atoms with Crippen molar-refractivity contribution in [2.75, 3.05) is 37.9 Å². The van der Waals surface area contributed by atoms with Gasteiger partial charge in [-0.25, -0.2) is 0 Å². The van der Waals surface area contributed by atoms with Crippen LogP contribution in [0.3, 0.4) is 0 Å². The van der Waals surface area contributed by atoms with Crippen LogP contribution in [0.5, 0.6) is 11.5 Å². The number of likely N-dealkylation sites (tertiary alicyclic amines) is 1. The van der Waals surface area contributed by atoms with Gasteiger partial charge in [0.15, 0.2) is 11.5 Å². The van der Waals surface area contributed by atoms with Crippen molar-refractivity contribution in [2.45, 2.75) is 18.9 Å². The van der Waals surface area contributed by atoms with E-state index >= 15 is 0 Å². The van der Waals surface area contributed by atoms with E-state index in [9.17, 15) is 9.59 Å². The van der Waals surface area contributed by atoms with Gasteiger partial charge in [-0.15, -0.1) is 11.8 Å². The maximum Gasteiger partial charge on any atom is 0.242 e. The number of thioether (sulfide) groups is 1. The van der Waals surface area contributed by atoms with Gasteiger partial charge in [0.1, 0.15) is 19.8 Å². The fourth-order valence-corrected chi connectivity index (χ4v) is 4.45. The third kappa shape index (κ3) is 2.81. The molecule has 0 aromatic heterocycles. The molecule has 1 atom stereocenters. The minimum Gasteiger partial charge on any atom is -0.486 e. The molecule has 24 heavy (non-hydrogen) atoms. The summed E-state index contributed by atoms with van der Waals surface area (Å²) in [5.41, 5.74) is 1.01. The van der Waals surface area contributed by atoms with Gasteiger partial charge in [0, 0.05) is 12.1 Å². The second-order valence-electron chi connectivity index (χ2n) is 6.19. The van der Waals surface area contributed by atoms with Crippen molar-refractivity contribution >= 4 is 23.6 Å². The van der Waals surface area contributed by atoms with Crippen LogP contribution in [0, 0.1) is 0 Å². The van der Waals surface area contributed by atoms with Crippen molar-refractivity contribution in [1.82, 2.24) is 9.80 Å². The van der Waals surface area contributed by atoms with Crippen LogP contribution in [0.25, 0.3) is 0 Å². The number of amides is 2. The summed E-state index contributed by atoms with van der Waals surface area (Å²) in [7, 11) is 0. The normalized spacial score (nSPS) is 23.0. The average Bonchev–Trinajstić information content (AvgIpc) is 3.24. The Kier molecular flexibility index (Phi) is 4.26. The molecule has 7 heteroatoms. The van der Waals surface area contributed by atoms with E-state index in [2.05, 4.69) is 0 Å². The number of rotatable bonds is 3. The summed E-state index contributed by atoms with van der Waals surface area (Å²) in [6.07, 6.45) is 1.87. The predicted octanol–water partition coefficient (Wildman–Crippen LogP) is 1.65. The first-order chi connectivity index (χ1) is 11.7. The largest absolute Gasteiger partial charge is 0.486 e. The molecule has 128 valence electrons. The summed E-state index contributed by atoms with van der Waals surface area (Å²) in [5.74, 6) is 2.68. The Balaban J connectivity index is 1.55. The minimum absolute atomic E-state index is 0.000455. The molecule has 0 radical (unpaired) electrons. The number of hydrogen-bond acceptors (Lipinski definition) is 5. The molecular weight excluding hydrogens is 328 g/mol. The summed E-state index contributed by atoms with van der Waals surface area (Å²) < 4.78 is 11.5. The van der Waals surface area contributed by atoms with E-state index in [0.717, 1.165) is 36.4 Å². The summed E-state index contributed by atoms with van der Waals surface area (Å²) in [6, 6.07) is 5.86. The quantitative estimate of drug-likeness (QED) is 0.831. The summed E-state index contributed by atoms with van der Waals surface area (Å²) in [5, 5.41) is 0. The van der Waals surface area contributed by atoms with Gasteiger partial charge in [0.25, 0.3) is 0 Å². The molecule has 2 amide bonds. The maximum atomic E-state index is 12.7. The second-order valence-corrected chi connectivity index (χ2v) is 7.14. The standard InChI is InChI=1S/C17H20N2O4S/c20-15(9-18-11-24-10-16(18)21)19-6-2-4-13(19)12-3-1-5-14-17(12)23-8-7-22-14/h1,3,5,13H,2,4,6-11H2/t13-/m0/s1. The van der Waals surface area contributed by atoms with Crippen LogP contribution in [-0.2, 0) is 9.59 Å². The first kappa shape index (κ1) is 15.6. The summed E-state index contributed by atoms with van der Waals surface area (Å²) >= 11 is 1.56. The lowest BCUT2D eigenvalue weighted by atomic mass is 10.0. The second kappa shape index (κ2) is 6.55. The maximum absolute atomic E-state index is 12.7. The zero-order valence-corrected chi connectivity index (χ0v) is 14.2. The van der Waals surface area contributed by atoms with E-state index in [1.54, 1.807) is 16.7 Å². The Morgan fingerprint density at radius 2 is 2.17 bits per heavy atom. The topological polar surface area (TPSA) is 59.1 Å². The van der Waals surface area contributed by atoms with Crippen LogP contribution in [0.4, 0.5) is 0 Å². The highest BCUT2D eigenvalue weighted by Gasteiger charge is 2.35. The molecular formula is C17H20N2O4S. The lowest BCUT2D eigenvalue weighted by molar-refractivity contribution is -0.138. The van der Waals surface area contributed by atoms with Crippen molar-refractivity contribution in [3.8, 4) is 11.5 Å². The number of hydrogen-bond donors (Lipinski definition) is 0. The number of para-hydroxylation sites is 1. The van der Waals surface area contributed by atoms with Crippen LogP contribution in [0.15, 0.2) is 18.2 Å². The molecule has 0 N–H and O–H groups in total. The van der Waals surface area contributed by atoms with Gasteiger partial charge in [-0.1, -0.05) is 12.1 Å². The van der Waals surface area contributed by atoms with E-state index in [1.165, 1.54) is 0 Å². The molecule has 3 aliphatic rings. The van der Waals surface area contributed by atoms with Gasteiger partial charge in [-0.2, -0.15) is 0 Å². The Morgan fingerprint density at radius 1 is 1.29 bits per heavy atom. The molecule has 6 nitrogen and oxygen atoms in total. The molecule has 1 aromatic carbocycles. The van der Waals surface area contributed by atoms with Gasteiger partial charge < -0.3 is 19.3 Å². The van der Waals surface area contributed by atoms with Crippen molar-refractivity contribution in [2.24, 2.45) is 0 Å². The molecule has 3 heterocycles. The fourth-order valence-electron chi connectivity index (χ4n) is 3.54. The monoisotopic (exact) mass is 348 g/mol. The fraction of sp³-hybridized carbons (Fsp3) is 0.529. The molecule has 4 rings (SSSR count). The first-order valence-electron chi connectivity index (χ1n) is 8.27. The first-order valence-corrected chi connectivity index (χ1v) is 9.43. The van der Waals surface area contributed by atoms with E-state index in [-0.39, 0.29) is 24.4 Å². The van der Waals surface area contributed by atoms with Crippen LogP contribution < -0.4 is 9.47 Å².